The maximum absolute atomic E-state index is 15.0. The highest BCUT2D eigenvalue weighted by Gasteiger charge is 2.30. The summed E-state index contributed by atoms with van der Waals surface area (Å²) in [5.41, 5.74) is 4.08. The summed E-state index contributed by atoms with van der Waals surface area (Å²) >= 11 is 0. The number of aromatic amines is 1. The number of halogens is 2. The molecule has 1 aliphatic carbocycles. The Balaban J connectivity index is 1.31. The Kier molecular flexibility index (Phi) is 6.00. The van der Waals surface area contributed by atoms with Gasteiger partial charge in [-0.05, 0) is 42.9 Å². The van der Waals surface area contributed by atoms with Gasteiger partial charge in [0.1, 0.15) is 5.69 Å². The molecule has 0 radical (unpaired) electrons. The number of nitrogens with one attached hydrogen (secondary N) is 1. The fourth-order valence-electron chi connectivity index (χ4n) is 5.48. The average Bonchev–Trinajstić information content (AvgIpc) is 3.53. The molecule has 0 bridgehead atoms. The van der Waals surface area contributed by atoms with E-state index >= 15 is 0 Å². The molecule has 3 heterocycles. The van der Waals surface area contributed by atoms with Crippen LogP contribution < -0.4 is 9.47 Å². The third-order valence-electron chi connectivity index (χ3n) is 7.52. The van der Waals surface area contributed by atoms with E-state index in [9.17, 15) is 13.9 Å². The summed E-state index contributed by atoms with van der Waals surface area (Å²) in [6, 6.07) is 7.94. The van der Waals surface area contributed by atoms with Crippen LogP contribution in [0.2, 0.25) is 0 Å². The molecule has 0 unspecified atom stereocenters. The van der Waals surface area contributed by atoms with Crippen LogP contribution in [0.25, 0.3) is 33.7 Å². The van der Waals surface area contributed by atoms with E-state index in [0.29, 0.717) is 22.8 Å². The normalized spacial score (nSPS) is 19.8. The molecule has 0 amide bonds. The molecule has 2 aromatic heterocycles. The monoisotopic (exact) mass is 507 g/mol. The van der Waals surface area contributed by atoms with Crippen LogP contribution in [0.15, 0.2) is 30.5 Å². The van der Waals surface area contributed by atoms with Crippen LogP contribution in [0.4, 0.5) is 8.78 Å². The second-order valence-electron chi connectivity index (χ2n) is 9.66. The van der Waals surface area contributed by atoms with E-state index in [1.165, 1.54) is 31.5 Å². The van der Waals surface area contributed by atoms with Crippen molar-refractivity contribution in [3.63, 3.8) is 0 Å². The Hall–Kier alpha value is -3.63. The summed E-state index contributed by atoms with van der Waals surface area (Å²) in [7, 11) is 2.58. The molecular weight excluding hydrogens is 480 g/mol. The van der Waals surface area contributed by atoms with Crippen LogP contribution in [-0.4, -0.2) is 56.5 Å². The number of ether oxygens (including phenoxy) is 2. The van der Waals surface area contributed by atoms with Crippen molar-refractivity contribution in [3.05, 3.63) is 53.2 Å². The number of aliphatic hydroxyl groups is 1. The maximum atomic E-state index is 15.0. The van der Waals surface area contributed by atoms with Gasteiger partial charge in [-0.1, -0.05) is 12.1 Å². The number of hydrogen-bond acceptors (Lipinski definition) is 7. The first-order valence-corrected chi connectivity index (χ1v) is 12.3. The first kappa shape index (κ1) is 23.7. The predicted octanol–water partition coefficient (Wildman–Crippen LogP) is 4.60. The molecule has 192 valence electrons. The molecule has 6 rings (SSSR count). The molecule has 10 heteroatoms. The largest absolute Gasteiger partial charge is 0.494 e. The van der Waals surface area contributed by atoms with E-state index in [2.05, 4.69) is 37.2 Å². The van der Waals surface area contributed by atoms with Crippen molar-refractivity contribution in [1.82, 2.24) is 25.1 Å². The number of rotatable bonds is 5. The molecule has 1 aliphatic heterocycles. The second-order valence-corrected chi connectivity index (χ2v) is 9.66. The third-order valence-corrected chi connectivity index (χ3v) is 7.52. The minimum Gasteiger partial charge on any atom is -0.494 e. The van der Waals surface area contributed by atoms with Gasteiger partial charge < -0.3 is 14.6 Å². The van der Waals surface area contributed by atoms with Crippen LogP contribution in [0.1, 0.15) is 36.8 Å². The van der Waals surface area contributed by atoms with Crippen LogP contribution in [0.3, 0.4) is 0 Å². The van der Waals surface area contributed by atoms with Gasteiger partial charge in [0, 0.05) is 37.0 Å². The number of methoxy groups -OCH3 is 2. The number of nitrogens with zero attached hydrogens (tertiary/aromatic N) is 4. The Morgan fingerprint density at radius 3 is 2.38 bits per heavy atom. The van der Waals surface area contributed by atoms with E-state index in [0.717, 1.165) is 50.4 Å². The van der Waals surface area contributed by atoms with Crippen LogP contribution in [0, 0.1) is 11.6 Å². The quantitative estimate of drug-likeness (QED) is 0.408. The second kappa shape index (κ2) is 9.35. The van der Waals surface area contributed by atoms with Crippen LogP contribution in [-0.2, 0) is 13.1 Å². The molecule has 8 nitrogen and oxygen atoms in total. The SMILES string of the molecule is COc1cc(OC)c(F)c(-c2ncc3c(-c4ccc5c(c4)CN([C@H]4CC[C@H](O)CC4)C5)n[nH]c3n2)c1F. The summed E-state index contributed by atoms with van der Waals surface area (Å²) in [6.07, 6.45) is 5.12. The molecule has 0 spiro atoms. The number of hydrogen-bond donors (Lipinski definition) is 2. The smallest absolute Gasteiger partial charge is 0.179 e. The predicted molar refractivity (Wildman–Crippen MR) is 133 cm³/mol. The summed E-state index contributed by atoms with van der Waals surface area (Å²) in [6.45, 7) is 1.77. The zero-order valence-corrected chi connectivity index (χ0v) is 20.6. The van der Waals surface area contributed by atoms with Crippen molar-refractivity contribution >= 4 is 11.0 Å². The number of fused-ring (bicyclic) bond motifs is 2. The van der Waals surface area contributed by atoms with E-state index in [-0.39, 0.29) is 23.4 Å². The highest BCUT2D eigenvalue weighted by Crippen LogP contribution is 2.38. The summed E-state index contributed by atoms with van der Waals surface area (Å²) in [5.74, 6) is -2.29. The fourth-order valence-corrected chi connectivity index (χ4v) is 5.48. The molecule has 1 fully saturated rings. The number of H-pyrrole nitrogens is 1. The van der Waals surface area contributed by atoms with E-state index in [1.54, 1.807) is 0 Å². The van der Waals surface area contributed by atoms with Gasteiger partial charge in [-0.25, -0.2) is 18.7 Å². The molecule has 2 aromatic carbocycles. The first-order chi connectivity index (χ1) is 18.0. The first-order valence-electron chi connectivity index (χ1n) is 12.3. The molecule has 2 aliphatic rings. The van der Waals surface area contributed by atoms with Gasteiger partial charge in [0.05, 0.1) is 31.3 Å². The Labute approximate surface area is 212 Å². The fraction of sp³-hybridized carbons (Fsp3) is 0.370. The molecule has 1 saturated carbocycles. The highest BCUT2D eigenvalue weighted by molar-refractivity contribution is 5.91. The minimum absolute atomic E-state index is 0.142. The lowest BCUT2D eigenvalue weighted by Gasteiger charge is -2.32. The van der Waals surface area contributed by atoms with E-state index in [4.69, 9.17) is 9.47 Å². The standard InChI is InChI=1S/C27H27F2N5O3/c1-36-20-10-21(37-2)24(29)22(23(20)28)27-30-11-19-25(32-33-26(19)31-27)14-3-4-15-12-34(13-16(15)9-14)17-5-7-18(35)8-6-17/h3-4,9-11,17-18,35H,5-8,12-13H2,1-2H3,(H,30,31,32,33)/t17-,18-. The summed E-state index contributed by atoms with van der Waals surface area (Å²) < 4.78 is 40.0. The molecule has 2 N–H and O–H groups in total. The molecule has 0 atom stereocenters. The average molecular weight is 508 g/mol. The number of aromatic nitrogens is 4. The minimum atomic E-state index is -0.907. The molecular formula is C27H27F2N5O3. The van der Waals surface area contributed by atoms with Gasteiger partial charge in [0.25, 0.3) is 0 Å². The van der Waals surface area contributed by atoms with Gasteiger partial charge in [-0.3, -0.25) is 10.00 Å². The van der Waals surface area contributed by atoms with E-state index < -0.39 is 17.2 Å². The maximum Gasteiger partial charge on any atom is 0.179 e. The lowest BCUT2D eigenvalue weighted by molar-refractivity contribution is 0.0725. The van der Waals surface area contributed by atoms with Crippen molar-refractivity contribution in [2.24, 2.45) is 0 Å². The van der Waals surface area contributed by atoms with Crippen molar-refractivity contribution in [2.45, 2.75) is 50.9 Å². The molecule has 4 aromatic rings. The van der Waals surface area contributed by atoms with Gasteiger partial charge in [0.2, 0.25) is 0 Å². The lowest BCUT2D eigenvalue weighted by Crippen LogP contribution is -2.35. The number of benzene rings is 2. The van der Waals surface area contributed by atoms with Gasteiger partial charge in [0.15, 0.2) is 34.6 Å². The van der Waals surface area contributed by atoms with E-state index in [1.807, 2.05) is 6.07 Å². The Morgan fingerprint density at radius 1 is 0.973 bits per heavy atom. The van der Waals surface area contributed by atoms with Crippen LogP contribution >= 0.6 is 0 Å². The molecule has 0 saturated heterocycles. The van der Waals surface area contributed by atoms with Crippen LogP contribution in [0.5, 0.6) is 11.5 Å². The third kappa shape index (κ3) is 4.10. The zero-order valence-electron chi connectivity index (χ0n) is 20.6. The lowest BCUT2D eigenvalue weighted by atomic mass is 9.92. The van der Waals surface area contributed by atoms with Gasteiger partial charge in [-0.15, -0.1) is 0 Å². The van der Waals surface area contributed by atoms with Crippen molar-refractivity contribution < 1.29 is 23.4 Å². The van der Waals surface area contributed by atoms with Crippen molar-refractivity contribution in [1.29, 1.82) is 0 Å². The zero-order chi connectivity index (χ0) is 25.7. The summed E-state index contributed by atoms with van der Waals surface area (Å²) in [5, 5.41) is 17.8. The molecule has 37 heavy (non-hydrogen) atoms. The summed E-state index contributed by atoms with van der Waals surface area (Å²) in [4.78, 5) is 11.1. The number of aliphatic hydroxyl groups excluding tert-OH is 1. The Morgan fingerprint density at radius 2 is 1.68 bits per heavy atom. The van der Waals surface area contributed by atoms with Gasteiger partial charge in [-0.2, -0.15) is 5.10 Å². The van der Waals surface area contributed by atoms with Crippen molar-refractivity contribution in [2.75, 3.05) is 14.2 Å². The Bertz CT molecular complexity index is 1450. The van der Waals surface area contributed by atoms with Gasteiger partial charge >= 0.3 is 0 Å². The highest BCUT2D eigenvalue weighted by atomic mass is 19.1. The topological polar surface area (TPSA) is 96.4 Å². The van der Waals surface area contributed by atoms with Crippen molar-refractivity contribution in [3.8, 4) is 34.1 Å².